The molecule has 1 N–H and O–H groups in total. The zero-order valence-electron chi connectivity index (χ0n) is 10.7. The Bertz CT molecular complexity index is 596. The van der Waals surface area contributed by atoms with Crippen molar-refractivity contribution in [1.29, 1.82) is 0 Å². The zero-order valence-corrected chi connectivity index (χ0v) is 11.4. The molecule has 3 nitrogen and oxygen atoms in total. The van der Waals surface area contributed by atoms with Gasteiger partial charge in [-0.3, -0.25) is 4.68 Å². The average Bonchev–Trinajstić information content (AvgIpc) is 2.60. The topological polar surface area (TPSA) is 29.9 Å². The highest BCUT2D eigenvalue weighted by Gasteiger charge is 2.11. The van der Waals surface area contributed by atoms with Crippen molar-refractivity contribution >= 4 is 11.6 Å². The van der Waals surface area contributed by atoms with Gasteiger partial charge in [-0.1, -0.05) is 11.6 Å². The number of benzene rings is 1. The standard InChI is InChI=1S/C13H14ClF2N3/c1-8-11(13(14)19(2)18-8)7-17-6-9-5-10(15)3-4-12(9)16/h3-5,17H,6-7H2,1-2H3. The molecule has 1 heterocycles. The van der Waals surface area contributed by atoms with Crippen LogP contribution in [0.2, 0.25) is 5.15 Å². The van der Waals surface area contributed by atoms with E-state index in [2.05, 4.69) is 10.4 Å². The van der Waals surface area contributed by atoms with E-state index in [4.69, 9.17) is 11.6 Å². The number of nitrogens with zero attached hydrogens (tertiary/aromatic N) is 2. The molecule has 0 saturated heterocycles. The van der Waals surface area contributed by atoms with Gasteiger partial charge in [0.2, 0.25) is 0 Å². The maximum absolute atomic E-state index is 13.4. The van der Waals surface area contributed by atoms with E-state index in [0.29, 0.717) is 11.7 Å². The molecule has 1 aromatic heterocycles. The van der Waals surface area contributed by atoms with E-state index in [9.17, 15) is 8.78 Å². The molecule has 0 saturated carbocycles. The van der Waals surface area contributed by atoms with Gasteiger partial charge >= 0.3 is 0 Å². The quantitative estimate of drug-likeness (QED) is 0.936. The van der Waals surface area contributed by atoms with Crippen molar-refractivity contribution in [3.63, 3.8) is 0 Å². The van der Waals surface area contributed by atoms with Crippen molar-refractivity contribution in [3.05, 3.63) is 51.8 Å². The molecule has 0 atom stereocenters. The van der Waals surface area contributed by atoms with E-state index < -0.39 is 11.6 Å². The fourth-order valence-electron chi connectivity index (χ4n) is 1.88. The Morgan fingerprint density at radius 1 is 1.32 bits per heavy atom. The van der Waals surface area contributed by atoms with Crippen molar-refractivity contribution in [2.45, 2.75) is 20.0 Å². The first kappa shape index (κ1) is 14.0. The Hall–Kier alpha value is -1.46. The van der Waals surface area contributed by atoms with Gasteiger partial charge in [-0.15, -0.1) is 0 Å². The number of hydrogen-bond acceptors (Lipinski definition) is 2. The Labute approximate surface area is 115 Å². The molecule has 102 valence electrons. The molecule has 0 radical (unpaired) electrons. The Kier molecular flexibility index (Phi) is 4.17. The molecule has 0 fully saturated rings. The lowest BCUT2D eigenvalue weighted by atomic mass is 10.2. The SMILES string of the molecule is Cc1nn(C)c(Cl)c1CNCc1cc(F)ccc1F. The number of nitrogens with one attached hydrogen (secondary N) is 1. The van der Waals surface area contributed by atoms with Crippen LogP contribution in [0.4, 0.5) is 8.78 Å². The highest BCUT2D eigenvalue weighted by molar-refractivity contribution is 6.30. The van der Waals surface area contributed by atoms with Crippen molar-refractivity contribution in [1.82, 2.24) is 15.1 Å². The summed E-state index contributed by atoms with van der Waals surface area (Å²) in [4.78, 5) is 0. The maximum Gasteiger partial charge on any atom is 0.131 e. The molecule has 6 heteroatoms. The summed E-state index contributed by atoms with van der Waals surface area (Å²) >= 11 is 6.08. The minimum atomic E-state index is -0.450. The Morgan fingerprint density at radius 2 is 2.05 bits per heavy atom. The van der Waals surface area contributed by atoms with Crippen molar-refractivity contribution in [3.8, 4) is 0 Å². The minimum absolute atomic E-state index is 0.230. The largest absolute Gasteiger partial charge is 0.308 e. The third-order valence-corrected chi connectivity index (χ3v) is 3.37. The van der Waals surface area contributed by atoms with Crippen molar-refractivity contribution in [2.75, 3.05) is 0 Å². The number of aryl methyl sites for hydroxylation is 2. The minimum Gasteiger partial charge on any atom is -0.308 e. The summed E-state index contributed by atoms with van der Waals surface area (Å²) < 4.78 is 28.0. The van der Waals surface area contributed by atoms with Crippen LogP contribution in [-0.4, -0.2) is 9.78 Å². The van der Waals surface area contributed by atoms with Gasteiger partial charge in [-0.25, -0.2) is 8.78 Å². The van der Waals surface area contributed by atoms with Crippen LogP contribution in [0.5, 0.6) is 0 Å². The lowest BCUT2D eigenvalue weighted by Gasteiger charge is -2.06. The highest BCUT2D eigenvalue weighted by Crippen LogP contribution is 2.18. The van der Waals surface area contributed by atoms with E-state index in [1.165, 1.54) is 6.07 Å². The van der Waals surface area contributed by atoms with E-state index >= 15 is 0 Å². The molecule has 1 aromatic carbocycles. The third kappa shape index (κ3) is 3.11. The van der Waals surface area contributed by atoms with Gasteiger partial charge in [0, 0.05) is 31.3 Å². The van der Waals surface area contributed by atoms with Crippen LogP contribution in [0.3, 0.4) is 0 Å². The fraction of sp³-hybridized carbons (Fsp3) is 0.308. The van der Waals surface area contributed by atoms with Crippen LogP contribution < -0.4 is 5.32 Å². The predicted octanol–water partition coefficient (Wildman–Crippen LogP) is 2.95. The van der Waals surface area contributed by atoms with Gasteiger partial charge in [0.15, 0.2) is 0 Å². The Morgan fingerprint density at radius 3 is 2.68 bits per heavy atom. The first-order chi connectivity index (χ1) is 8.99. The second-order valence-corrected chi connectivity index (χ2v) is 4.68. The van der Waals surface area contributed by atoms with Gasteiger partial charge in [-0.05, 0) is 25.1 Å². The second-order valence-electron chi connectivity index (χ2n) is 4.32. The highest BCUT2D eigenvalue weighted by atomic mass is 35.5. The van der Waals surface area contributed by atoms with Gasteiger partial charge in [0.05, 0.1) is 5.69 Å². The summed E-state index contributed by atoms with van der Waals surface area (Å²) in [6, 6.07) is 3.40. The lowest BCUT2D eigenvalue weighted by Crippen LogP contribution is -2.14. The molecule has 0 aliphatic rings. The van der Waals surface area contributed by atoms with E-state index in [1.807, 2.05) is 6.92 Å². The first-order valence-corrected chi connectivity index (χ1v) is 6.19. The fourth-order valence-corrected chi connectivity index (χ4v) is 2.12. The molecule has 0 bridgehead atoms. The normalized spacial score (nSPS) is 11.0. The van der Waals surface area contributed by atoms with E-state index in [1.54, 1.807) is 11.7 Å². The molecule has 2 aromatic rings. The lowest BCUT2D eigenvalue weighted by molar-refractivity contribution is 0.568. The summed E-state index contributed by atoms with van der Waals surface area (Å²) in [5, 5.41) is 7.76. The molecule has 0 unspecified atom stereocenters. The summed E-state index contributed by atoms with van der Waals surface area (Å²) in [7, 11) is 1.76. The van der Waals surface area contributed by atoms with Crippen LogP contribution in [-0.2, 0) is 20.1 Å². The van der Waals surface area contributed by atoms with Crippen LogP contribution in [0.15, 0.2) is 18.2 Å². The molecule has 0 aliphatic heterocycles. The van der Waals surface area contributed by atoms with Crippen molar-refractivity contribution < 1.29 is 8.78 Å². The smallest absolute Gasteiger partial charge is 0.131 e. The van der Waals surface area contributed by atoms with Gasteiger partial charge in [-0.2, -0.15) is 5.10 Å². The van der Waals surface area contributed by atoms with Gasteiger partial charge < -0.3 is 5.32 Å². The number of halogens is 3. The number of rotatable bonds is 4. The number of hydrogen-bond donors (Lipinski definition) is 1. The molecule has 2 rings (SSSR count). The van der Waals surface area contributed by atoms with Crippen LogP contribution >= 0.6 is 11.6 Å². The summed E-state index contributed by atoms with van der Waals surface area (Å²) in [6.07, 6.45) is 0. The molecule has 0 spiro atoms. The molecule has 0 amide bonds. The summed E-state index contributed by atoms with van der Waals surface area (Å²) in [5.41, 5.74) is 1.97. The van der Waals surface area contributed by atoms with Gasteiger partial charge in [0.1, 0.15) is 16.8 Å². The van der Waals surface area contributed by atoms with Crippen molar-refractivity contribution in [2.24, 2.45) is 7.05 Å². The van der Waals surface area contributed by atoms with Crippen LogP contribution in [0.1, 0.15) is 16.8 Å². The van der Waals surface area contributed by atoms with E-state index in [-0.39, 0.29) is 12.1 Å². The molecule has 19 heavy (non-hydrogen) atoms. The molecular formula is C13H14ClF2N3. The first-order valence-electron chi connectivity index (χ1n) is 5.81. The maximum atomic E-state index is 13.4. The summed E-state index contributed by atoms with van der Waals surface area (Å²) in [5.74, 6) is -0.878. The van der Waals surface area contributed by atoms with Gasteiger partial charge in [0.25, 0.3) is 0 Å². The Balaban J connectivity index is 2.02. The van der Waals surface area contributed by atoms with Crippen LogP contribution in [0.25, 0.3) is 0 Å². The number of aromatic nitrogens is 2. The zero-order chi connectivity index (χ0) is 14.0. The average molecular weight is 286 g/mol. The summed E-state index contributed by atoms with van der Waals surface area (Å²) in [6.45, 7) is 2.54. The van der Waals surface area contributed by atoms with E-state index in [0.717, 1.165) is 23.4 Å². The predicted molar refractivity (Wildman–Crippen MR) is 69.9 cm³/mol. The van der Waals surface area contributed by atoms with Crippen LogP contribution in [0, 0.1) is 18.6 Å². The molecule has 0 aliphatic carbocycles. The monoisotopic (exact) mass is 285 g/mol. The molecular weight excluding hydrogens is 272 g/mol. The third-order valence-electron chi connectivity index (χ3n) is 2.89. The second kappa shape index (κ2) is 5.67.